The average molecular weight is 277 g/mol. The van der Waals surface area contributed by atoms with Crippen molar-refractivity contribution in [1.82, 2.24) is 5.32 Å². The van der Waals surface area contributed by atoms with Gasteiger partial charge in [0.25, 0.3) is 0 Å². The SMILES string of the molecule is CC(C)[C@H](NCc1ccc(OCC2CC2)cc1)C(=O)O. The summed E-state index contributed by atoms with van der Waals surface area (Å²) in [5, 5.41) is 12.2. The van der Waals surface area contributed by atoms with Gasteiger partial charge in [-0.2, -0.15) is 0 Å². The van der Waals surface area contributed by atoms with Gasteiger partial charge in [-0.1, -0.05) is 26.0 Å². The number of aliphatic carboxylic acids is 1. The van der Waals surface area contributed by atoms with Crippen molar-refractivity contribution in [3.63, 3.8) is 0 Å². The lowest BCUT2D eigenvalue weighted by atomic mass is 10.0. The van der Waals surface area contributed by atoms with E-state index in [2.05, 4.69) is 5.32 Å². The summed E-state index contributed by atoms with van der Waals surface area (Å²) in [6.07, 6.45) is 2.57. The van der Waals surface area contributed by atoms with E-state index in [9.17, 15) is 4.79 Å². The van der Waals surface area contributed by atoms with Crippen molar-refractivity contribution in [1.29, 1.82) is 0 Å². The van der Waals surface area contributed by atoms with E-state index in [1.165, 1.54) is 12.8 Å². The van der Waals surface area contributed by atoms with Crippen LogP contribution in [0.2, 0.25) is 0 Å². The van der Waals surface area contributed by atoms with Gasteiger partial charge in [-0.05, 0) is 42.4 Å². The Morgan fingerprint density at radius 1 is 1.35 bits per heavy atom. The van der Waals surface area contributed by atoms with Crippen LogP contribution in [0.1, 0.15) is 32.3 Å². The second-order valence-electron chi connectivity index (χ2n) is 5.84. The summed E-state index contributed by atoms with van der Waals surface area (Å²) >= 11 is 0. The van der Waals surface area contributed by atoms with Gasteiger partial charge in [-0.25, -0.2) is 0 Å². The molecule has 2 N–H and O–H groups in total. The van der Waals surface area contributed by atoms with Gasteiger partial charge in [-0.3, -0.25) is 4.79 Å². The highest BCUT2D eigenvalue weighted by Crippen LogP contribution is 2.29. The van der Waals surface area contributed by atoms with Crippen LogP contribution >= 0.6 is 0 Å². The van der Waals surface area contributed by atoms with E-state index >= 15 is 0 Å². The molecule has 4 heteroatoms. The van der Waals surface area contributed by atoms with Crippen LogP contribution in [0.15, 0.2) is 24.3 Å². The molecule has 0 spiro atoms. The predicted molar refractivity (Wildman–Crippen MR) is 77.8 cm³/mol. The summed E-state index contributed by atoms with van der Waals surface area (Å²) < 4.78 is 5.67. The van der Waals surface area contributed by atoms with Crippen LogP contribution in [0.25, 0.3) is 0 Å². The maximum atomic E-state index is 11.1. The number of ether oxygens (including phenoxy) is 1. The molecule has 1 aromatic rings. The van der Waals surface area contributed by atoms with E-state index < -0.39 is 12.0 Å². The predicted octanol–water partition coefficient (Wildman–Crippen LogP) is 2.67. The number of benzene rings is 1. The first-order valence-corrected chi connectivity index (χ1v) is 7.24. The van der Waals surface area contributed by atoms with Gasteiger partial charge >= 0.3 is 5.97 Å². The second kappa shape index (κ2) is 6.75. The molecule has 0 bridgehead atoms. The number of carbonyl (C=O) groups is 1. The molecule has 0 aliphatic heterocycles. The summed E-state index contributed by atoms with van der Waals surface area (Å²) in [6.45, 7) is 5.17. The number of hydrogen-bond donors (Lipinski definition) is 2. The summed E-state index contributed by atoms with van der Waals surface area (Å²) in [5.41, 5.74) is 1.07. The van der Waals surface area contributed by atoms with Crippen LogP contribution in [0.5, 0.6) is 5.75 Å². The maximum absolute atomic E-state index is 11.1. The Morgan fingerprint density at radius 3 is 2.50 bits per heavy atom. The summed E-state index contributed by atoms with van der Waals surface area (Å²) in [6, 6.07) is 7.35. The van der Waals surface area contributed by atoms with E-state index in [0.29, 0.717) is 6.54 Å². The third-order valence-corrected chi connectivity index (χ3v) is 3.56. The molecule has 0 aromatic heterocycles. The van der Waals surface area contributed by atoms with Crippen LogP contribution in [0.4, 0.5) is 0 Å². The Labute approximate surface area is 120 Å². The molecule has 20 heavy (non-hydrogen) atoms. The van der Waals surface area contributed by atoms with E-state index in [1.54, 1.807) is 0 Å². The van der Waals surface area contributed by atoms with Gasteiger partial charge < -0.3 is 15.2 Å². The molecule has 110 valence electrons. The molecule has 1 aliphatic carbocycles. The third kappa shape index (κ3) is 4.53. The molecular weight excluding hydrogens is 254 g/mol. The fourth-order valence-electron chi connectivity index (χ4n) is 2.04. The minimum Gasteiger partial charge on any atom is -0.493 e. The molecule has 1 aromatic carbocycles. The molecule has 1 fully saturated rings. The summed E-state index contributed by atoms with van der Waals surface area (Å²) in [5.74, 6) is 0.899. The van der Waals surface area contributed by atoms with Crippen molar-refractivity contribution >= 4 is 5.97 Å². The summed E-state index contributed by atoms with van der Waals surface area (Å²) in [4.78, 5) is 11.1. The fourth-order valence-corrected chi connectivity index (χ4v) is 2.04. The van der Waals surface area contributed by atoms with Crippen LogP contribution in [-0.2, 0) is 11.3 Å². The highest BCUT2D eigenvalue weighted by atomic mass is 16.5. The molecule has 0 radical (unpaired) electrons. The average Bonchev–Trinajstić information content (AvgIpc) is 3.21. The second-order valence-corrected chi connectivity index (χ2v) is 5.84. The molecule has 0 unspecified atom stereocenters. The molecule has 0 heterocycles. The number of carboxylic acid groups (broad SMARTS) is 1. The molecule has 2 rings (SSSR count). The third-order valence-electron chi connectivity index (χ3n) is 3.56. The molecule has 0 amide bonds. The van der Waals surface area contributed by atoms with Crippen molar-refractivity contribution in [3.8, 4) is 5.75 Å². The van der Waals surface area contributed by atoms with Crippen molar-refractivity contribution in [2.75, 3.05) is 6.61 Å². The molecular formula is C16H23NO3. The van der Waals surface area contributed by atoms with Crippen LogP contribution in [0.3, 0.4) is 0 Å². The van der Waals surface area contributed by atoms with Gasteiger partial charge in [-0.15, -0.1) is 0 Å². The standard InChI is InChI=1S/C16H23NO3/c1-11(2)15(16(18)19)17-9-12-5-7-14(8-6-12)20-10-13-3-4-13/h5-8,11,13,15,17H,3-4,9-10H2,1-2H3,(H,18,19)/t15-/m0/s1. The fraction of sp³-hybridized carbons (Fsp3) is 0.562. The number of carboxylic acids is 1. The van der Waals surface area contributed by atoms with E-state index in [4.69, 9.17) is 9.84 Å². The minimum absolute atomic E-state index is 0.0636. The Bertz CT molecular complexity index is 438. The lowest BCUT2D eigenvalue weighted by Crippen LogP contribution is -2.40. The molecule has 1 saturated carbocycles. The maximum Gasteiger partial charge on any atom is 0.320 e. The topological polar surface area (TPSA) is 58.6 Å². The Morgan fingerprint density at radius 2 is 2.00 bits per heavy atom. The molecule has 0 saturated heterocycles. The van der Waals surface area contributed by atoms with Crippen molar-refractivity contribution in [2.45, 2.75) is 39.3 Å². The van der Waals surface area contributed by atoms with Crippen molar-refractivity contribution in [3.05, 3.63) is 29.8 Å². The first-order valence-electron chi connectivity index (χ1n) is 7.24. The van der Waals surface area contributed by atoms with Gasteiger partial charge in [0.2, 0.25) is 0 Å². The van der Waals surface area contributed by atoms with Crippen LogP contribution in [-0.4, -0.2) is 23.7 Å². The smallest absolute Gasteiger partial charge is 0.320 e. The highest BCUT2D eigenvalue weighted by molar-refractivity contribution is 5.73. The highest BCUT2D eigenvalue weighted by Gasteiger charge is 2.22. The number of nitrogens with one attached hydrogen (secondary N) is 1. The Balaban J connectivity index is 1.81. The quantitative estimate of drug-likeness (QED) is 0.767. The van der Waals surface area contributed by atoms with Gasteiger partial charge in [0.05, 0.1) is 6.61 Å². The van der Waals surface area contributed by atoms with E-state index in [-0.39, 0.29) is 5.92 Å². The lowest BCUT2D eigenvalue weighted by Gasteiger charge is -2.18. The molecule has 4 nitrogen and oxygen atoms in total. The Hall–Kier alpha value is -1.55. The first kappa shape index (κ1) is 14.9. The zero-order valence-corrected chi connectivity index (χ0v) is 12.1. The van der Waals surface area contributed by atoms with Gasteiger partial charge in [0.1, 0.15) is 11.8 Å². The monoisotopic (exact) mass is 277 g/mol. The van der Waals surface area contributed by atoms with Crippen LogP contribution < -0.4 is 10.1 Å². The zero-order chi connectivity index (χ0) is 14.5. The molecule has 1 aliphatic rings. The molecule has 1 atom stereocenters. The number of rotatable bonds is 8. The zero-order valence-electron chi connectivity index (χ0n) is 12.1. The summed E-state index contributed by atoms with van der Waals surface area (Å²) in [7, 11) is 0. The van der Waals surface area contributed by atoms with Gasteiger partial charge in [0, 0.05) is 6.54 Å². The number of hydrogen-bond acceptors (Lipinski definition) is 3. The van der Waals surface area contributed by atoms with Crippen molar-refractivity contribution in [2.24, 2.45) is 11.8 Å². The van der Waals surface area contributed by atoms with E-state index in [1.807, 2.05) is 38.1 Å². The first-order chi connectivity index (χ1) is 9.56. The van der Waals surface area contributed by atoms with Crippen molar-refractivity contribution < 1.29 is 14.6 Å². The largest absolute Gasteiger partial charge is 0.493 e. The lowest BCUT2D eigenvalue weighted by molar-refractivity contribution is -0.140. The minimum atomic E-state index is -0.801. The Kier molecular flexibility index (Phi) is 5.01. The normalized spacial score (nSPS) is 16.1. The van der Waals surface area contributed by atoms with Gasteiger partial charge in [0.15, 0.2) is 0 Å². The van der Waals surface area contributed by atoms with E-state index in [0.717, 1.165) is 23.8 Å². The van der Waals surface area contributed by atoms with Crippen LogP contribution in [0, 0.1) is 11.8 Å².